The predicted molar refractivity (Wildman–Crippen MR) is 122 cm³/mol. The minimum Gasteiger partial charge on any atom is -0.496 e. The molecule has 0 heterocycles. The molecule has 0 aromatic heterocycles. The normalized spacial score (nSPS) is 12.3. The van der Waals surface area contributed by atoms with Gasteiger partial charge in [0.25, 0.3) is 0 Å². The number of amides is 2. The molecular formula is C22H22FIN2O6. The molecule has 10 heteroatoms. The van der Waals surface area contributed by atoms with Crippen molar-refractivity contribution in [3.05, 3.63) is 63.2 Å². The van der Waals surface area contributed by atoms with Gasteiger partial charge in [-0.25, -0.2) is 4.39 Å². The summed E-state index contributed by atoms with van der Waals surface area (Å²) in [6.07, 6.45) is -0.859. The van der Waals surface area contributed by atoms with Gasteiger partial charge in [0.15, 0.2) is 5.78 Å². The smallest absolute Gasteiger partial charge is 0.305 e. The highest BCUT2D eigenvalue weighted by molar-refractivity contribution is 14.1. The SMILES string of the molecule is COc1ccc([125I])cc1CC(=O)N[C@H](C(=O)NC(CC(=O)O)C(=O)CF)c1ccccc1. The molecule has 3 N–H and O–H groups in total. The summed E-state index contributed by atoms with van der Waals surface area (Å²) in [6.45, 7) is -1.42. The monoisotopic (exact) mass is 554 g/mol. The number of halogens is 2. The summed E-state index contributed by atoms with van der Waals surface area (Å²) < 4.78 is 19.0. The van der Waals surface area contributed by atoms with Gasteiger partial charge in [-0.05, 0) is 46.4 Å². The Morgan fingerprint density at radius 3 is 2.38 bits per heavy atom. The fraction of sp³-hybridized carbons (Fsp3) is 0.273. The summed E-state index contributed by atoms with van der Waals surface area (Å²) >= 11 is 2.10. The number of nitrogens with one attached hydrogen (secondary N) is 2. The summed E-state index contributed by atoms with van der Waals surface area (Å²) in [7, 11) is 1.48. The number of alkyl halides is 1. The van der Waals surface area contributed by atoms with E-state index in [2.05, 4.69) is 33.2 Å². The van der Waals surface area contributed by atoms with Crippen LogP contribution in [0.5, 0.6) is 5.75 Å². The van der Waals surface area contributed by atoms with Crippen LogP contribution in [-0.4, -0.2) is 48.5 Å². The van der Waals surface area contributed by atoms with Gasteiger partial charge in [-0.15, -0.1) is 0 Å². The minimum absolute atomic E-state index is 0.0847. The van der Waals surface area contributed by atoms with Gasteiger partial charge < -0.3 is 20.5 Å². The van der Waals surface area contributed by atoms with E-state index in [-0.39, 0.29) is 6.42 Å². The highest BCUT2D eigenvalue weighted by Crippen LogP contribution is 2.22. The van der Waals surface area contributed by atoms with Crippen molar-refractivity contribution in [3.8, 4) is 5.75 Å². The lowest BCUT2D eigenvalue weighted by Gasteiger charge is -2.22. The summed E-state index contributed by atoms with van der Waals surface area (Å²) in [5, 5.41) is 13.8. The van der Waals surface area contributed by atoms with E-state index in [0.29, 0.717) is 16.9 Å². The first-order valence-electron chi connectivity index (χ1n) is 9.52. The number of Topliss-reactive ketones (excluding diaryl/α,β-unsaturated/α-hetero) is 1. The molecule has 2 aromatic rings. The molecular weight excluding hydrogens is 532 g/mol. The van der Waals surface area contributed by atoms with Gasteiger partial charge in [0.05, 0.1) is 20.0 Å². The quantitative estimate of drug-likeness (QED) is 0.367. The standard InChI is InChI=1S/C22H22FIN2O6/c1-32-18-8-7-15(24)9-14(18)10-19(28)26-21(13-5-3-2-4-6-13)22(31)25-16(11-20(29)30)17(27)12-23/h2-9,16,21H,10-12H2,1H3,(H,25,31)(H,26,28)(H,29,30)/t16?,21-/m0/s1/i24-2. The second kappa shape index (κ2) is 12.1. The average Bonchev–Trinajstić information content (AvgIpc) is 2.76. The van der Waals surface area contributed by atoms with Crippen LogP contribution in [0.3, 0.4) is 0 Å². The van der Waals surface area contributed by atoms with Gasteiger partial charge in [0.1, 0.15) is 24.5 Å². The molecule has 1 unspecified atom stereocenters. The van der Waals surface area contributed by atoms with Crippen molar-refractivity contribution in [2.45, 2.75) is 24.9 Å². The number of carboxylic acids is 1. The fourth-order valence-corrected chi connectivity index (χ4v) is 3.54. The lowest BCUT2D eigenvalue weighted by Crippen LogP contribution is -2.48. The summed E-state index contributed by atoms with van der Waals surface area (Å²) in [4.78, 5) is 48.4. The summed E-state index contributed by atoms with van der Waals surface area (Å²) in [6, 6.07) is 10.8. The number of ether oxygens (including phenoxy) is 1. The number of methoxy groups -OCH3 is 1. The van der Waals surface area contributed by atoms with Crippen LogP contribution >= 0.6 is 22.6 Å². The van der Waals surface area contributed by atoms with Crippen LogP contribution in [0.4, 0.5) is 4.39 Å². The van der Waals surface area contributed by atoms with Gasteiger partial charge in [0.2, 0.25) is 11.8 Å². The molecule has 2 aromatic carbocycles. The zero-order valence-electron chi connectivity index (χ0n) is 17.1. The third-order valence-corrected chi connectivity index (χ3v) is 5.18. The van der Waals surface area contributed by atoms with Crippen molar-refractivity contribution in [2.75, 3.05) is 13.8 Å². The molecule has 2 rings (SSSR count). The Balaban J connectivity index is 2.25. The molecule has 0 aliphatic carbocycles. The first kappa shape index (κ1) is 25.2. The zero-order chi connectivity index (χ0) is 23.7. The van der Waals surface area contributed by atoms with Gasteiger partial charge >= 0.3 is 5.97 Å². The van der Waals surface area contributed by atoms with Crippen LogP contribution in [0.2, 0.25) is 0 Å². The number of carbonyl (C=O) groups excluding carboxylic acids is 3. The highest BCUT2D eigenvalue weighted by atomic mass is 125. The molecule has 0 saturated heterocycles. The molecule has 2 amide bonds. The molecule has 170 valence electrons. The van der Waals surface area contributed by atoms with E-state index in [1.165, 1.54) is 7.11 Å². The molecule has 8 nitrogen and oxygen atoms in total. The molecule has 0 aliphatic heterocycles. The number of hydrogen-bond donors (Lipinski definition) is 3. The second-order valence-electron chi connectivity index (χ2n) is 6.80. The first-order chi connectivity index (χ1) is 15.2. The van der Waals surface area contributed by atoms with E-state index < -0.39 is 48.7 Å². The van der Waals surface area contributed by atoms with E-state index >= 15 is 0 Å². The predicted octanol–water partition coefficient (Wildman–Crippen LogP) is 2.20. The van der Waals surface area contributed by atoms with Gasteiger partial charge in [-0.2, -0.15) is 0 Å². The van der Waals surface area contributed by atoms with Crippen LogP contribution in [0.15, 0.2) is 48.5 Å². The van der Waals surface area contributed by atoms with E-state index in [1.807, 2.05) is 6.07 Å². The molecule has 0 saturated carbocycles. The lowest BCUT2D eigenvalue weighted by atomic mass is 10.0. The Bertz CT molecular complexity index is 986. The molecule has 32 heavy (non-hydrogen) atoms. The van der Waals surface area contributed by atoms with E-state index in [9.17, 15) is 23.6 Å². The van der Waals surface area contributed by atoms with Crippen molar-refractivity contribution in [1.29, 1.82) is 0 Å². The Morgan fingerprint density at radius 1 is 1.09 bits per heavy atom. The minimum atomic E-state index is -1.55. The Morgan fingerprint density at radius 2 is 1.78 bits per heavy atom. The van der Waals surface area contributed by atoms with Crippen molar-refractivity contribution in [1.82, 2.24) is 10.6 Å². The maximum Gasteiger partial charge on any atom is 0.305 e. The molecule has 0 bridgehead atoms. The number of aliphatic carboxylic acids is 1. The topological polar surface area (TPSA) is 122 Å². The Kier molecular flexibility index (Phi) is 9.57. The maximum absolute atomic E-state index is 12.9. The summed E-state index contributed by atoms with van der Waals surface area (Å²) in [5.74, 6) is -3.25. The molecule has 0 spiro atoms. The number of carboxylic acid groups (broad SMARTS) is 1. The van der Waals surface area contributed by atoms with Gasteiger partial charge in [-0.3, -0.25) is 19.2 Å². The molecule has 2 atom stereocenters. The van der Waals surface area contributed by atoms with Crippen LogP contribution in [-0.2, 0) is 25.6 Å². The second-order valence-corrected chi connectivity index (χ2v) is 8.05. The van der Waals surface area contributed by atoms with Crippen molar-refractivity contribution < 1.29 is 33.4 Å². The Hall–Kier alpha value is -3.02. The number of benzene rings is 2. The third kappa shape index (κ3) is 7.29. The van der Waals surface area contributed by atoms with Crippen LogP contribution in [0.1, 0.15) is 23.6 Å². The van der Waals surface area contributed by atoms with E-state index in [1.54, 1.807) is 42.5 Å². The molecule has 0 radical (unpaired) electrons. The largest absolute Gasteiger partial charge is 0.496 e. The van der Waals surface area contributed by atoms with Crippen LogP contribution in [0, 0.1) is 3.57 Å². The van der Waals surface area contributed by atoms with E-state index in [0.717, 1.165) is 3.57 Å². The lowest BCUT2D eigenvalue weighted by molar-refractivity contribution is -0.140. The fourth-order valence-electron chi connectivity index (χ4n) is 2.98. The highest BCUT2D eigenvalue weighted by Gasteiger charge is 2.29. The molecule has 0 aliphatic rings. The zero-order valence-corrected chi connectivity index (χ0v) is 19.3. The van der Waals surface area contributed by atoms with Crippen LogP contribution < -0.4 is 15.4 Å². The van der Waals surface area contributed by atoms with Crippen molar-refractivity contribution in [3.63, 3.8) is 0 Å². The number of ketones is 1. The summed E-state index contributed by atoms with van der Waals surface area (Å²) in [5.41, 5.74) is 1.02. The maximum atomic E-state index is 12.9. The third-order valence-electron chi connectivity index (χ3n) is 4.51. The van der Waals surface area contributed by atoms with Gasteiger partial charge in [-0.1, -0.05) is 30.3 Å². The van der Waals surface area contributed by atoms with Crippen molar-refractivity contribution in [2.24, 2.45) is 0 Å². The average molecular weight is 554 g/mol. The Labute approximate surface area is 197 Å². The van der Waals surface area contributed by atoms with Gasteiger partial charge in [0, 0.05) is 9.13 Å². The number of rotatable bonds is 11. The van der Waals surface area contributed by atoms with Crippen LogP contribution in [0.25, 0.3) is 0 Å². The first-order valence-corrected chi connectivity index (χ1v) is 10.6. The van der Waals surface area contributed by atoms with E-state index in [4.69, 9.17) is 9.84 Å². The molecule has 0 fully saturated rings. The van der Waals surface area contributed by atoms with Crippen molar-refractivity contribution >= 4 is 46.2 Å². The number of carbonyl (C=O) groups is 4. The number of hydrogen-bond acceptors (Lipinski definition) is 5.